The molecule has 21 rings (SSSR count). The number of rotatable bonds is 28. The second-order valence-electron chi connectivity index (χ2n) is 34.5. The molecule has 2 aromatic carbocycles. The maximum Gasteiger partial charge on any atom is 0.139 e. The molecule has 0 radical (unpaired) electrons. The van der Waals surface area contributed by atoms with E-state index >= 15 is 0 Å². The molecule has 616 valence electrons. The van der Waals surface area contributed by atoms with Gasteiger partial charge < -0.3 is 84.6 Å². The van der Waals surface area contributed by atoms with Crippen LogP contribution in [0.15, 0.2) is 159 Å². The van der Waals surface area contributed by atoms with Crippen molar-refractivity contribution in [3.8, 4) is 28.7 Å². The quantitative estimate of drug-likeness (QED) is 0.0250. The lowest BCUT2D eigenvalue weighted by Crippen LogP contribution is -2.46. The second kappa shape index (κ2) is 39.1. The van der Waals surface area contributed by atoms with Crippen LogP contribution >= 0.6 is 0 Å². The Kier molecular flexibility index (Phi) is 26.8. The molecule has 11 atom stereocenters. The Morgan fingerprint density at radius 3 is 1.37 bits per heavy atom. The van der Waals surface area contributed by atoms with Crippen LogP contribution < -0.4 is 74.8 Å². The fraction of sp³-hybridized carbons (Fsp3) is 0.548. The summed E-state index contributed by atoms with van der Waals surface area (Å²) in [5, 5.41) is 26.3. The predicted octanol–water partition coefficient (Wildman–Crippen LogP) is 12.5. The largest absolute Gasteiger partial charge is 0.490 e. The van der Waals surface area contributed by atoms with Crippen LogP contribution in [0.1, 0.15) is 125 Å². The van der Waals surface area contributed by atoms with Gasteiger partial charge in [0.2, 0.25) is 0 Å². The molecule has 13 aliphatic rings. The monoisotopic (exact) mass is 1570 g/mol. The standard InChI is InChI=1S/C27H31N3O2.C18H27N3O2.C17H20N4O.C16H23N3O.C15H21N3O/c1-2-6-21(7-3-1)19-31-15-12-22-8-4-10-27-26(22)11-14-30(27)24-16-25(18-28-17-24)32-20-23-9-5-13-29-23;22-6-2-4-18-8-14(18)11-21(13-18)16-7-17(10-19-9-16)23-12-15-3-1-5-20-15;1-3-13-5-8-21(17(13)20-7-1)15-9-16(11-18-10-15)22-12-14-4-2-6-19-14;1-2-14(18-5-1)11-20-16-6-15(7-17-8-16)19-9-12-3-4-13(12)10-19;1-2-12-9-18(8-11(1)12)14-5-15(7-16-6-14)19-10-13-3-4-17-13/h1-4,6-8,10,16-18,23,29H,5,9,11-15,19-20H2;7,9-10,14-15,20,22H,1-6,8,11-13H2;1,3,7,9-11,14,19H,2,4-6,8,12H2;6-8,12-14,18H,1-5,9-11H2;5-7,11-13,17H,1-4,8-10H2/t23-;14-,15+,18+;14-;12?,13?,14-;11?,12?,13-/m01000/s1. The number of ether oxygens (including phenoxy) is 6. The van der Waals surface area contributed by atoms with Crippen LogP contribution in [0.25, 0.3) is 0 Å². The van der Waals surface area contributed by atoms with E-state index in [1.54, 1.807) is 6.20 Å². The molecule has 6 N–H and O–H groups in total. The van der Waals surface area contributed by atoms with Crippen molar-refractivity contribution in [3.05, 3.63) is 181 Å². The van der Waals surface area contributed by atoms with E-state index in [1.165, 1.54) is 161 Å². The maximum absolute atomic E-state index is 9.08. The number of anilines is 7. The normalized spacial score (nSPS) is 25.9. The lowest BCUT2D eigenvalue weighted by Gasteiger charge is -2.27. The van der Waals surface area contributed by atoms with Gasteiger partial charge in [-0.15, -0.1) is 0 Å². The average Bonchev–Trinajstić information content (AvgIpc) is 1.56. The highest BCUT2D eigenvalue weighted by Crippen LogP contribution is 2.61. The van der Waals surface area contributed by atoms with Crippen molar-refractivity contribution >= 4 is 39.9 Å². The number of piperidine rings is 1. The van der Waals surface area contributed by atoms with Gasteiger partial charge in [0, 0.05) is 131 Å². The Hall–Kier alpha value is -8.94. The summed E-state index contributed by atoms with van der Waals surface area (Å²) < 4.78 is 35.5. The van der Waals surface area contributed by atoms with Crippen molar-refractivity contribution in [1.29, 1.82) is 0 Å². The van der Waals surface area contributed by atoms with E-state index < -0.39 is 0 Å². The molecule has 3 saturated carbocycles. The smallest absolute Gasteiger partial charge is 0.139 e. The zero-order valence-electron chi connectivity index (χ0n) is 67.9. The van der Waals surface area contributed by atoms with Crippen molar-refractivity contribution in [2.45, 2.75) is 159 Å². The lowest BCUT2D eigenvalue weighted by molar-refractivity contribution is 0.124. The fourth-order valence-corrected chi connectivity index (χ4v) is 19.3. The van der Waals surface area contributed by atoms with Crippen LogP contribution in [-0.4, -0.2) is 197 Å². The number of nitrogens with zero attached hydrogens (tertiary/aromatic N) is 11. The van der Waals surface area contributed by atoms with E-state index in [0.717, 1.165) is 193 Å². The molecule has 0 amide bonds. The first-order chi connectivity index (χ1) is 57.3. The summed E-state index contributed by atoms with van der Waals surface area (Å²) in [5.74, 6) is 9.95. The van der Waals surface area contributed by atoms with Crippen molar-refractivity contribution < 1.29 is 33.5 Å². The first-order valence-corrected chi connectivity index (χ1v) is 44.0. The zero-order valence-corrected chi connectivity index (χ0v) is 67.9. The van der Waals surface area contributed by atoms with Gasteiger partial charge in [-0.05, 0) is 224 Å². The van der Waals surface area contributed by atoms with Crippen molar-refractivity contribution in [1.82, 2.24) is 56.5 Å². The Labute approximate surface area is 686 Å². The molecule has 116 heavy (non-hydrogen) atoms. The molecule has 11 fully saturated rings. The summed E-state index contributed by atoms with van der Waals surface area (Å²) in [4.78, 5) is 38.3. The van der Waals surface area contributed by atoms with E-state index in [1.807, 2.05) is 74.1 Å². The van der Waals surface area contributed by atoms with Gasteiger partial charge in [-0.3, -0.25) is 24.9 Å². The zero-order chi connectivity index (χ0) is 78.1. The van der Waals surface area contributed by atoms with Crippen molar-refractivity contribution in [2.24, 2.45) is 35.0 Å². The second-order valence-corrected chi connectivity index (χ2v) is 34.5. The molecule has 0 bridgehead atoms. The highest BCUT2D eigenvalue weighted by atomic mass is 16.5. The summed E-state index contributed by atoms with van der Waals surface area (Å²) in [5.41, 5.74) is 12.9. The lowest BCUT2D eigenvalue weighted by atomic mass is 9.77. The van der Waals surface area contributed by atoms with Crippen LogP contribution in [0.2, 0.25) is 0 Å². The molecule has 16 heterocycles. The maximum atomic E-state index is 9.08. The van der Waals surface area contributed by atoms with Gasteiger partial charge in [0.25, 0.3) is 0 Å². The highest BCUT2D eigenvalue weighted by Gasteiger charge is 2.59. The third-order valence-corrected chi connectivity index (χ3v) is 26.6. The first-order valence-electron chi connectivity index (χ1n) is 44.0. The summed E-state index contributed by atoms with van der Waals surface area (Å²) in [7, 11) is 0. The summed E-state index contributed by atoms with van der Waals surface area (Å²) in [6.07, 6.45) is 43.7. The van der Waals surface area contributed by atoms with E-state index in [0.29, 0.717) is 62.1 Å². The SMILES string of the molecule is OCCC[C@@]12C[C@@H]1CN(c1cncc(OC[C@@H]3CCCN3)c1)C2.c1ccc(COCCc2cccc3c2CCN3c2cncc(OC[C@@H]3CCCN3)c2)cc1.c1cnc2c(c1)CCN2c1cncc(OC[C@@H]2CCCN2)c1.c1ncc(N2CC3CCC3C2)cc1OC[C@@H]1CCCN1.c1ncc(N2CC3CCC3C2)cc1OC[C@@H]1CCN1. The number of fused-ring (bicyclic) bond motifs is 5. The number of nitrogens with one attached hydrogen (secondary N) is 5. The average molecular weight is 1580 g/mol. The van der Waals surface area contributed by atoms with Crippen LogP contribution in [-0.2, 0) is 30.6 Å². The Bertz CT molecular complexity index is 4380. The van der Waals surface area contributed by atoms with Crippen molar-refractivity contribution in [3.63, 3.8) is 0 Å². The number of pyridine rings is 6. The van der Waals surface area contributed by atoms with Gasteiger partial charge in [-0.25, -0.2) is 4.98 Å². The molecule has 23 heteroatoms. The van der Waals surface area contributed by atoms with Gasteiger partial charge in [0.05, 0.1) is 104 Å². The van der Waals surface area contributed by atoms with E-state index in [2.05, 4.69) is 160 Å². The molecule has 0 spiro atoms. The van der Waals surface area contributed by atoms with Gasteiger partial charge in [-0.1, -0.05) is 48.5 Å². The van der Waals surface area contributed by atoms with Crippen LogP contribution in [0.4, 0.5) is 39.9 Å². The van der Waals surface area contributed by atoms with Crippen LogP contribution in [0.5, 0.6) is 28.7 Å². The Balaban J connectivity index is 0.000000106. The predicted molar refractivity (Wildman–Crippen MR) is 457 cm³/mol. The first kappa shape index (κ1) is 79.5. The van der Waals surface area contributed by atoms with Gasteiger partial charge in [0.15, 0.2) is 0 Å². The van der Waals surface area contributed by atoms with Gasteiger partial charge in [0.1, 0.15) is 67.6 Å². The minimum Gasteiger partial charge on any atom is -0.490 e. The third-order valence-electron chi connectivity index (χ3n) is 26.6. The van der Waals surface area contributed by atoms with Gasteiger partial charge in [-0.2, -0.15) is 0 Å². The molecular weight excluding hydrogens is 1450 g/mol. The molecule has 10 aliphatic heterocycles. The molecule has 23 nitrogen and oxygen atoms in total. The Morgan fingerprint density at radius 2 is 0.905 bits per heavy atom. The minimum atomic E-state index is 0.314. The number of aliphatic hydroxyl groups is 1. The summed E-state index contributed by atoms with van der Waals surface area (Å²) in [6, 6.07) is 34.2. The molecule has 6 aromatic heterocycles. The minimum absolute atomic E-state index is 0.314. The number of hydrogen-bond donors (Lipinski definition) is 6. The van der Waals surface area contributed by atoms with E-state index in [4.69, 9.17) is 33.5 Å². The summed E-state index contributed by atoms with van der Waals surface area (Å²) in [6.45, 7) is 19.9. The molecule has 4 unspecified atom stereocenters. The number of benzene rings is 2. The van der Waals surface area contributed by atoms with E-state index in [9.17, 15) is 0 Å². The number of hydrogen-bond acceptors (Lipinski definition) is 23. The Morgan fingerprint density at radius 1 is 0.440 bits per heavy atom. The number of aliphatic hydroxyl groups excluding tert-OH is 1. The van der Waals surface area contributed by atoms with Crippen molar-refractivity contribution in [2.75, 3.05) is 156 Å². The molecule has 3 aliphatic carbocycles. The topological polar surface area (TPSA) is 229 Å². The fourth-order valence-electron chi connectivity index (χ4n) is 19.3. The van der Waals surface area contributed by atoms with E-state index in [-0.39, 0.29) is 0 Å². The molecule has 8 aromatic rings. The van der Waals surface area contributed by atoms with Crippen LogP contribution in [0.3, 0.4) is 0 Å². The van der Waals surface area contributed by atoms with Gasteiger partial charge >= 0.3 is 0 Å². The third kappa shape index (κ3) is 20.6. The summed E-state index contributed by atoms with van der Waals surface area (Å²) >= 11 is 0. The number of aromatic nitrogens is 6. The highest BCUT2D eigenvalue weighted by molar-refractivity contribution is 5.72. The molecular formula is C93H122N16O7. The van der Waals surface area contributed by atoms with Crippen LogP contribution in [0, 0.1) is 35.0 Å². The molecule has 8 saturated heterocycles.